The van der Waals surface area contributed by atoms with Crippen molar-refractivity contribution in [3.63, 3.8) is 0 Å². The SMILES string of the molecule is C#CCO/N=C/C(C)=C[C@@H]1[C@@H](C(=O)O)C1(C)C. The highest BCUT2D eigenvalue weighted by molar-refractivity contribution is 5.80. The fourth-order valence-electron chi connectivity index (χ4n) is 1.98. The molecule has 0 aromatic carbocycles. The van der Waals surface area contributed by atoms with Crippen LogP contribution < -0.4 is 0 Å². The van der Waals surface area contributed by atoms with E-state index in [1.807, 2.05) is 26.8 Å². The zero-order valence-electron chi connectivity index (χ0n) is 10.3. The summed E-state index contributed by atoms with van der Waals surface area (Å²) in [6.07, 6.45) is 8.46. The van der Waals surface area contributed by atoms with Crippen molar-refractivity contribution in [2.75, 3.05) is 6.61 Å². The number of oxime groups is 1. The van der Waals surface area contributed by atoms with E-state index >= 15 is 0 Å². The van der Waals surface area contributed by atoms with Gasteiger partial charge in [0, 0.05) is 0 Å². The number of rotatable bonds is 5. The van der Waals surface area contributed by atoms with Gasteiger partial charge in [-0.05, 0) is 23.8 Å². The van der Waals surface area contributed by atoms with E-state index in [-0.39, 0.29) is 23.9 Å². The second-order valence-electron chi connectivity index (χ2n) is 4.79. The van der Waals surface area contributed by atoms with Crippen molar-refractivity contribution in [1.82, 2.24) is 0 Å². The van der Waals surface area contributed by atoms with Crippen LogP contribution in [0.15, 0.2) is 16.8 Å². The van der Waals surface area contributed by atoms with Crippen LogP contribution in [0.5, 0.6) is 0 Å². The monoisotopic (exact) mass is 235 g/mol. The molecule has 17 heavy (non-hydrogen) atoms. The van der Waals surface area contributed by atoms with Crippen molar-refractivity contribution in [2.45, 2.75) is 20.8 Å². The van der Waals surface area contributed by atoms with Crippen LogP contribution in [-0.2, 0) is 9.63 Å². The lowest BCUT2D eigenvalue weighted by atomic mass is 10.1. The van der Waals surface area contributed by atoms with Gasteiger partial charge >= 0.3 is 5.97 Å². The van der Waals surface area contributed by atoms with Gasteiger partial charge in [-0.2, -0.15) is 0 Å². The van der Waals surface area contributed by atoms with Crippen LogP contribution in [0.3, 0.4) is 0 Å². The molecular formula is C13H17NO3. The molecule has 92 valence electrons. The van der Waals surface area contributed by atoms with Gasteiger partial charge in [-0.3, -0.25) is 4.79 Å². The Morgan fingerprint density at radius 1 is 1.65 bits per heavy atom. The van der Waals surface area contributed by atoms with Gasteiger partial charge in [-0.15, -0.1) is 6.42 Å². The highest BCUT2D eigenvalue weighted by Gasteiger charge is 2.60. The third-order valence-corrected chi connectivity index (χ3v) is 3.10. The minimum Gasteiger partial charge on any atom is -0.481 e. The molecule has 0 heterocycles. The minimum atomic E-state index is -0.746. The van der Waals surface area contributed by atoms with Crippen LogP contribution in [-0.4, -0.2) is 23.9 Å². The van der Waals surface area contributed by atoms with Gasteiger partial charge in [0.2, 0.25) is 0 Å². The van der Waals surface area contributed by atoms with Gasteiger partial charge in [0.05, 0.1) is 12.1 Å². The fraction of sp³-hybridized carbons (Fsp3) is 0.538. The number of aliphatic carboxylic acids is 1. The largest absolute Gasteiger partial charge is 0.481 e. The third-order valence-electron chi connectivity index (χ3n) is 3.10. The summed E-state index contributed by atoms with van der Waals surface area (Å²) in [5.74, 6) is 1.30. The van der Waals surface area contributed by atoms with E-state index in [9.17, 15) is 4.79 Å². The molecule has 1 aliphatic rings. The Morgan fingerprint density at radius 2 is 2.29 bits per heavy atom. The predicted molar refractivity (Wildman–Crippen MR) is 65.4 cm³/mol. The predicted octanol–water partition coefficient (Wildman–Crippen LogP) is 1.93. The molecule has 0 amide bonds. The zero-order chi connectivity index (χ0) is 13.1. The molecule has 0 spiro atoms. The number of hydrogen-bond acceptors (Lipinski definition) is 3. The molecule has 0 unspecified atom stereocenters. The molecule has 0 aromatic heterocycles. The molecule has 2 atom stereocenters. The van der Waals surface area contributed by atoms with Crippen molar-refractivity contribution < 1.29 is 14.7 Å². The van der Waals surface area contributed by atoms with Crippen molar-refractivity contribution >= 4 is 12.2 Å². The molecule has 0 aromatic rings. The van der Waals surface area contributed by atoms with Gasteiger partial charge in [0.25, 0.3) is 0 Å². The Morgan fingerprint density at radius 3 is 2.76 bits per heavy atom. The molecule has 1 saturated carbocycles. The van der Waals surface area contributed by atoms with Gasteiger partial charge < -0.3 is 9.94 Å². The van der Waals surface area contributed by atoms with E-state index in [4.69, 9.17) is 16.4 Å². The average Bonchev–Trinajstić information content (AvgIpc) is 2.75. The smallest absolute Gasteiger partial charge is 0.307 e. The molecule has 0 radical (unpaired) electrons. The van der Waals surface area contributed by atoms with E-state index in [2.05, 4.69) is 11.1 Å². The highest BCUT2D eigenvalue weighted by Crippen LogP contribution is 2.59. The van der Waals surface area contributed by atoms with Crippen LogP contribution >= 0.6 is 0 Å². The normalized spacial score (nSPS) is 26.6. The van der Waals surface area contributed by atoms with Crippen LogP contribution in [0.25, 0.3) is 0 Å². The molecule has 1 N–H and O–H groups in total. The Bertz CT molecular complexity index is 401. The minimum absolute atomic E-state index is 0.0547. The van der Waals surface area contributed by atoms with Crippen molar-refractivity contribution in [3.8, 4) is 12.3 Å². The quantitative estimate of drug-likeness (QED) is 0.343. The molecule has 1 rings (SSSR count). The van der Waals surface area contributed by atoms with Gasteiger partial charge in [0.1, 0.15) is 0 Å². The first-order chi connectivity index (χ1) is 7.91. The summed E-state index contributed by atoms with van der Waals surface area (Å²) in [6, 6.07) is 0. The Kier molecular flexibility index (Phi) is 3.95. The van der Waals surface area contributed by atoms with E-state index < -0.39 is 5.97 Å². The summed E-state index contributed by atoms with van der Waals surface area (Å²) in [7, 11) is 0. The number of nitrogens with zero attached hydrogens (tertiary/aromatic N) is 1. The number of carboxylic acids is 1. The van der Waals surface area contributed by atoms with Crippen molar-refractivity contribution in [3.05, 3.63) is 11.6 Å². The van der Waals surface area contributed by atoms with E-state index in [1.54, 1.807) is 6.21 Å². The highest BCUT2D eigenvalue weighted by atomic mass is 16.6. The number of carboxylic acid groups (broad SMARTS) is 1. The third kappa shape index (κ3) is 3.10. The topological polar surface area (TPSA) is 58.9 Å². The first-order valence-electron chi connectivity index (χ1n) is 5.41. The Hall–Kier alpha value is -1.76. The Balaban J connectivity index is 2.57. The summed E-state index contributed by atoms with van der Waals surface area (Å²) >= 11 is 0. The summed E-state index contributed by atoms with van der Waals surface area (Å²) in [4.78, 5) is 15.7. The van der Waals surface area contributed by atoms with Crippen molar-refractivity contribution in [2.24, 2.45) is 22.4 Å². The second-order valence-corrected chi connectivity index (χ2v) is 4.79. The number of carbonyl (C=O) groups is 1. The average molecular weight is 235 g/mol. The molecule has 0 saturated heterocycles. The molecule has 1 aliphatic carbocycles. The van der Waals surface area contributed by atoms with Crippen LogP contribution in [0.4, 0.5) is 0 Å². The molecule has 0 bridgehead atoms. The van der Waals surface area contributed by atoms with Crippen LogP contribution in [0.1, 0.15) is 20.8 Å². The number of terminal acetylenes is 1. The van der Waals surface area contributed by atoms with Crippen LogP contribution in [0, 0.1) is 29.6 Å². The van der Waals surface area contributed by atoms with Gasteiger partial charge in [0.15, 0.2) is 6.61 Å². The molecular weight excluding hydrogens is 218 g/mol. The first-order valence-corrected chi connectivity index (χ1v) is 5.41. The molecule has 4 nitrogen and oxygen atoms in total. The second kappa shape index (κ2) is 5.05. The van der Waals surface area contributed by atoms with E-state index in [0.717, 1.165) is 5.57 Å². The Labute approximate surface area is 101 Å². The molecule has 4 heteroatoms. The standard InChI is InChI=1S/C13H17NO3/c1-5-6-17-14-8-9(2)7-10-11(12(15)16)13(10,3)4/h1,7-8,10-11H,6H2,2-4H3,(H,15,16)/b9-7?,14-8+/t10-,11+/m1/s1. The summed E-state index contributed by atoms with van der Waals surface area (Å²) in [6.45, 7) is 5.89. The lowest BCUT2D eigenvalue weighted by Crippen LogP contribution is -2.03. The maximum absolute atomic E-state index is 11.0. The summed E-state index contributed by atoms with van der Waals surface area (Å²) in [5, 5.41) is 12.7. The van der Waals surface area contributed by atoms with E-state index in [0.29, 0.717) is 0 Å². The molecule has 1 fully saturated rings. The van der Waals surface area contributed by atoms with Crippen molar-refractivity contribution in [1.29, 1.82) is 0 Å². The fourth-order valence-corrected chi connectivity index (χ4v) is 1.98. The number of allylic oxidation sites excluding steroid dienone is 2. The lowest BCUT2D eigenvalue weighted by Gasteiger charge is -1.97. The molecule has 0 aliphatic heterocycles. The maximum atomic E-state index is 11.0. The first kappa shape index (κ1) is 13.3. The summed E-state index contributed by atoms with van der Waals surface area (Å²) in [5.41, 5.74) is 0.699. The lowest BCUT2D eigenvalue weighted by molar-refractivity contribution is -0.139. The zero-order valence-corrected chi connectivity index (χ0v) is 10.3. The van der Waals surface area contributed by atoms with Crippen LogP contribution in [0.2, 0.25) is 0 Å². The maximum Gasteiger partial charge on any atom is 0.307 e. The van der Waals surface area contributed by atoms with Gasteiger partial charge in [-0.25, -0.2) is 0 Å². The van der Waals surface area contributed by atoms with Gasteiger partial charge in [-0.1, -0.05) is 31.0 Å². The summed E-state index contributed by atoms with van der Waals surface area (Å²) < 4.78 is 0. The van der Waals surface area contributed by atoms with E-state index in [1.165, 1.54) is 0 Å². The number of hydrogen-bond donors (Lipinski definition) is 1.